The molecule has 2 aromatic carbocycles. The van der Waals surface area contributed by atoms with Crippen molar-refractivity contribution in [2.45, 2.75) is 6.42 Å². The molecule has 140 valence electrons. The number of benzene rings is 2. The van der Waals surface area contributed by atoms with Crippen LogP contribution in [0.2, 0.25) is 0 Å². The van der Waals surface area contributed by atoms with Crippen molar-refractivity contribution in [3.8, 4) is 23.0 Å². The highest BCUT2D eigenvalue weighted by atomic mass is 16.5. The summed E-state index contributed by atoms with van der Waals surface area (Å²) < 4.78 is 25.7. The average molecular weight is 370 g/mol. The van der Waals surface area contributed by atoms with Crippen LogP contribution in [0.15, 0.2) is 48.5 Å². The van der Waals surface area contributed by atoms with Crippen LogP contribution in [0.25, 0.3) is 12.2 Å². The molecule has 6 heteroatoms. The largest absolute Gasteiger partial charge is 0.504 e. The Bertz CT molecular complexity index is 915. The van der Waals surface area contributed by atoms with Crippen LogP contribution in [0, 0.1) is 0 Å². The third-order valence-electron chi connectivity index (χ3n) is 3.53. The number of allylic oxidation sites excluding steroid dienone is 2. The lowest BCUT2D eigenvalue weighted by atomic mass is 10.1. The topological polar surface area (TPSA) is 93.1 Å². The van der Waals surface area contributed by atoms with Crippen molar-refractivity contribution >= 4 is 23.7 Å². The molecular formula is C21H20O6. The van der Waals surface area contributed by atoms with Gasteiger partial charge < -0.3 is 19.7 Å². The Morgan fingerprint density at radius 1 is 0.889 bits per heavy atom. The molecule has 6 nitrogen and oxygen atoms in total. The Morgan fingerprint density at radius 2 is 1.30 bits per heavy atom. The fourth-order valence-corrected chi connectivity index (χ4v) is 2.14. The molecule has 2 aromatic rings. The van der Waals surface area contributed by atoms with Crippen molar-refractivity contribution in [2.75, 3.05) is 14.2 Å². The Kier molecular flexibility index (Phi) is 5.78. The molecule has 0 aliphatic carbocycles. The molecule has 0 atom stereocenters. The molecule has 0 radical (unpaired) electrons. The Balaban J connectivity index is 2.11. The predicted octanol–water partition coefficient (Wildman–Crippen LogP) is 3.37. The number of hydrogen-bond acceptors (Lipinski definition) is 6. The first kappa shape index (κ1) is 16.9. The van der Waals surface area contributed by atoms with Crippen molar-refractivity contribution in [1.29, 1.82) is 0 Å². The Morgan fingerprint density at radius 3 is 1.67 bits per heavy atom. The van der Waals surface area contributed by atoms with E-state index in [2.05, 4.69) is 0 Å². The summed E-state index contributed by atoms with van der Waals surface area (Å²) in [6.07, 6.45) is 1.86. The van der Waals surface area contributed by atoms with Gasteiger partial charge in [0, 0.05) is 0 Å². The van der Waals surface area contributed by atoms with Crippen molar-refractivity contribution < 1.29 is 32.0 Å². The second-order valence-electron chi connectivity index (χ2n) is 5.46. The molecular weight excluding hydrogens is 348 g/mol. The zero-order valence-electron chi connectivity index (χ0n) is 16.9. The van der Waals surface area contributed by atoms with Gasteiger partial charge in [-0.15, -0.1) is 0 Å². The maximum Gasteiger partial charge on any atom is 0.163 e. The molecule has 0 bridgehead atoms. The summed E-state index contributed by atoms with van der Waals surface area (Å²) in [5.41, 5.74) is 0.895. The van der Waals surface area contributed by atoms with Gasteiger partial charge in [0.1, 0.15) is 0 Å². The third-order valence-corrected chi connectivity index (χ3v) is 3.53. The van der Waals surface area contributed by atoms with E-state index in [1.165, 1.54) is 62.8 Å². The van der Waals surface area contributed by atoms with E-state index in [9.17, 15) is 19.8 Å². The molecule has 0 saturated heterocycles. The first-order valence-electron chi connectivity index (χ1n) is 8.92. The minimum Gasteiger partial charge on any atom is -0.504 e. The summed E-state index contributed by atoms with van der Waals surface area (Å²) >= 11 is 0. The molecule has 2 N–H and O–H groups in total. The molecule has 27 heavy (non-hydrogen) atoms. The lowest BCUT2D eigenvalue weighted by Crippen LogP contribution is -2.01. The summed E-state index contributed by atoms with van der Waals surface area (Å²) in [6, 6.07) is 7.80. The molecule has 0 unspecified atom stereocenters. The summed E-state index contributed by atoms with van der Waals surface area (Å²) in [5.74, 6) is -1.27. The monoisotopic (exact) mass is 370 g/mol. The zero-order chi connectivity index (χ0) is 21.6. The van der Waals surface area contributed by atoms with Gasteiger partial charge in [-0.1, -0.05) is 24.3 Å². The van der Waals surface area contributed by atoms with Gasteiger partial charge in [0.05, 0.1) is 23.4 Å². The van der Waals surface area contributed by atoms with E-state index in [-0.39, 0.29) is 23.0 Å². The molecule has 2 rings (SSSR count). The van der Waals surface area contributed by atoms with Crippen LogP contribution in [0.4, 0.5) is 0 Å². The van der Waals surface area contributed by atoms with Crippen LogP contribution in [-0.4, -0.2) is 36.0 Å². The number of rotatable bonds is 8. The number of methoxy groups -OCH3 is 2. The van der Waals surface area contributed by atoms with E-state index in [0.29, 0.717) is 11.1 Å². The summed E-state index contributed by atoms with van der Waals surface area (Å²) in [4.78, 5) is 24.3. The van der Waals surface area contributed by atoms with Crippen LogP contribution in [0.5, 0.6) is 23.0 Å². The van der Waals surface area contributed by atoms with Crippen molar-refractivity contribution in [3.63, 3.8) is 0 Å². The van der Waals surface area contributed by atoms with Crippen LogP contribution in [0.3, 0.4) is 0 Å². The van der Waals surface area contributed by atoms with E-state index < -0.39 is 30.1 Å². The number of phenols is 2. The molecule has 0 spiro atoms. The van der Waals surface area contributed by atoms with Crippen LogP contribution < -0.4 is 9.47 Å². The Hall–Kier alpha value is -3.54. The van der Waals surface area contributed by atoms with Crippen LogP contribution >= 0.6 is 0 Å². The van der Waals surface area contributed by atoms with Gasteiger partial charge in [0.25, 0.3) is 0 Å². The van der Waals surface area contributed by atoms with Gasteiger partial charge in [0.2, 0.25) is 0 Å². The fourth-order valence-electron chi connectivity index (χ4n) is 2.14. The summed E-state index contributed by atoms with van der Waals surface area (Å²) in [5, 5.41) is 19.1. The number of aromatic hydroxyl groups is 2. The predicted molar refractivity (Wildman–Crippen MR) is 102 cm³/mol. The van der Waals surface area contributed by atoms with Crippen molar-refractivity contribution in [3.05, 3.63) is 59.6 Å². The van der Waals surface area contributed by atoms with Crippen molar-refractivity contribution in [1.82, 2.24) is 0 Å². The maximum absolute atomic E-state index is 12.2. The fraction of sp³-hybridized carbons (Fsp3) is 0.143. The van der Waals surface area contributed by atoms with Gasteiger partial charge in [0.15, 0.2) is 34.6 Å². The molecule has 0 aliphatic heterocycles. The zero-order valence-corrected chi connectivity index (χ0v) is 14.9. The lowest BCUT2D eigenvalue weighted by Gasteiger charge is -2.03. The van der Waals surface area contributed by atoms with Gasteiger partial charge >= 0.3 is 0 Å². The van der Waals surface area contributed by atoms with Gasteiger partial charge in [-0.2, -0.15) is 0 Å². The molecule has 0 aromatic heterocycles. The molecule has 0 fully saturated rings. The van der Waals surface area contributed by atoms with E-state index in [0.717, 1.165) is 0 Å². The minimum absolute atomic E-state index is 0.0764. The first-order valence-corrected chi connectivity index (χ1v) is 7.92. The normalized spacial score (nSPS) is 12.8. The molecule has 0 saturated carbocycles. The first-order chi connectivity index (χ1) is 13.7. The molecule has 0 heterocycles. The Labute approximate surface area is 159 Å². The number of carbonyl (C=O) groups excluding carboxylic acids is 2. The van der Waals surface area contributed by atoms with Crippen LogP contribution in [-0.2, 0) is 9.59 Å². The second-order valence-corrected chi connectivity index (χ2v) is 5.46. The number of carbonyl (C=O) groups is 2. The van der Waals surface area contributed by atoms with Gasteiger partial charge in [-0.25, -0.2) is 0 Å². The SMILES string of the molecule is [2H]/C(=C\c1ccc(O)c(OC)c1)C(=O)CC(=O)/C([2H])=C/c1ccc(O)c(OC)c1. The molecule has 0 amide bonds. The quantitative estimate of drug-likeness (QED) is 0.547. The highest BCUT2D eigenvalue weighted by molar-refractivity contribution is 6.10. The number of phenolic OH excluding ortho intramolecular Hbond substituents is 2. The van der Waals surface area contributed by atoms with E-state index in [1.807, 2.05) is 0 Å². The highest BCUT2D eigenvalue weighted by Crippen LogP contribution is 2.27. The minimum atomic E-state index is -0.747. The van der Waals surface area contributed by atoms with E-state index in [4.69, 9.17) is 12.2 Å². The summed E-state index contributed by atoms with van der Waals surface area (Å²) in [6.45, 7) is 0. The van der Waals surface area contributed by atoms with Crippen LogP contribution in [0.1, 0.15) is 20.3 Å². The lowest BCUT2D eigenvalue weighted by molar-refractivity contribution is -0.121. The highest BCUT2D eigenvalue weighted by Gasteiger charge is 2.06. The number of hydrogen-bond donors (Lipinski definition) is 2. The number of ketones is 2. The van der Waals surface area contributed by atoms with Crippen molar-refractivity contribution in [2.24, 2.45) is 0 Å². The number of ether oxygens (including phenoxy) is 2. The van der Waals surface area contributed by atoms with E-state index >= 15 is 0 Å². The maximum atomic E-state index is 12.2. The smallest absolute Gasteiger partial charge is 0.163 e. The van der Waals surface area contributed by atoms with Gasteiger partial charge in [-0.05, 0) is 47.5 Å². The molecule has 0 aliphatic rings. The van der Waals surface area contributed by atoms with E-state index in [1.54, 1.807) is 0 Å². The third kappa shape index (κ3) is 5.74. The second kappa shape index (κ2) is 9.24. The standard InChI is InChI=1S/C21H20O6/c1-26-20-11-14(5-9-18(20)24)3-7-16(22)13-17(23)8-4-15-6-10-19(25)21(12-15)27-2/h3-12,24-25H,13H2,1-2H3/b7-3+,8-4+/i7D,8D. The van der Waals surface area contributed by atoms with Gasteiger partial charge in [-0.3, -0.25) is 9.59 Å². The summed E-state index contributed by atoms with van der Waals surface area (Å²) in [7, 11) is 2.75. The average Bonchev–Trinajstić information content (AvgIpc) is 2.70.